The van der Waals surface area contributed by atoms with E-state index in [0.717, 1.165) is 20.2 Å². The van der Waals surface area contributed by atoms with Gasteiger partial charge in [-0.1, -0.05) is 0 Å². The monoisotopic (exact) mass is 504 g/mol. The van der Waals surface area contributed by atoms with E-state index < -0.39 is 0 Å². The van der Waals surface area contributed by atoms with Gasteiger partial charge in [0, 0.05) is 36.5 Å². The molecule has 34 heavy (non-hydrogen) atoms. The second-order valence-electron chi connectivity index (χ2n) is 9.30. The number of hydrogen-bond acceptors (Lipinski definition) is 9. The molecule has 1 amide bonds. The first-order chi connectivity index (χ1) is 16.2. The third kappa shape index (κ3) is 4.37. The van der Waals surface area contributed by atoms with Crippen LogP contribution in [0.1, 0.15) is 46.2 Å². The van der Waals surface area contributed by atoms with Crippen LogP contribution in [0.15, 0.2) is 6.07 Å². The minimum absolute atomic E-state index is 0.0810. The lowest BCUT2D eigenvalue weighted by atomic mass is 9.91. The highest BCUT2D eigenvalue weighted by atomic mass is 32.1. The Morgan fingerprint density at radius 3 is 2.85 bits per heavy atom. The first-order valence-corrected chi connectivity index (χ1v) is 13.1. The van der Waals surface area contributed by atoms with Gasteiger partial charge in [-0.2, -0.15) is 0 Å². The van der Waals surface area contributed by atoms with E-state index in [1.54, 1.807) is 0 Å². The van der Waals surface area contributed by atoms with Crippen LogP contribution in [0.5, 0.6) is 0 Å². The maximum atomic E-state index is 15.2. The summed E-state index contributed by atoms with van der Waals surface area (Å²) in [6.07, 6.45) is 1.66. The first-order valence-electron chi connectivity index (χ1n) is 11.5. The van der Waals surface area contributed by atoms with Crippen LogP contribution in [0.4, 0.5) is 15.9 Å². The van der Waals surface area contributed by atoms with Gasteiger partial charge in [-0.3, -0.25) is 4.79 Å². The fourth-order valence-corrected chi connectivity index (χ4v) is 6.84. The largest absolute Gasteiger partial charge is 0.396 e. The van der Waals surface area contributed by atoms with Crippen molar-refractivity contribution in [2.75, 3.05) is 23.7 Å². The van der Waals surface area contributed by atoms with Crippen LogP contribution >= 0.6 is 22.7 Å². The molecule has 182 valence electrons. The molecule has 11 heteroatoms. The van der Waals surface area contributed by atoms with E-state index >= 15 is 4.39 Å². The molecular weight excluding hydrogens is 475 g/mol. The second-order valence-corrected chi connectivity index (χ2v) is 11.5. The fraction of sp³-hybridized carbons (Fsp3) is 0.522. The number of carbonyl (C=O) groups excluding carboxylic acids is 1. The van der Waals surface area contributed by atoms with E-state index in [9.17, 15) is 4.79 Å². The van der Waals surface area contributed by atoms with Crippen LogP contribution in [0.2, 0.25) is 0 Å². The molecule has 1 saturated heterocycles. The smallest absolute Gasteiger partial charge is 0.263 e. The number of nitrogen functional groups attached to an aromatic ring is 1. The van der Waals surface area contributed by atoms with E-state index in [0.29, 0.717) is 54.3 Å². The summed E-state index contributed by atoms with van der Waals surface area (Å²) in [5.41, 5.74) is 14.2. The van der Waals surface area contributed by atoms with Gasteiger partial charge in [0.1, 0.15) is 21.3 Å². The van der Waals surface area contributed by atoms with Gasteiger partial charge >= 0.3 is 0 Å². The van der Waals surface area contributed by atoms with Gasteiger partial charge in [0.15, 0.2) is 0 Å². The average molecular weight is 505 g/mol. The number of anilines is 2. The van der Waals surface area contributed by atoms with Crippen LogP contribution in [0, 0.1) is 12.7 Å². The predicted molar refractivity (Wildman–Crippen MR) is 134 cm³/mol. The lowest BCUT2D eigenvalue weighted by Crippen LogP contribution is -2.39. The van der Waals surface area contributed by atoms with Gasteiger partial charge < -0.3 is 26.4 Å². The molecular formula is C23H29FN6O2S2. The Balaban J connectivity index is 1.28. The fourth-order valence-electron chi connectivity index (χ4n) is 4.74. The Hall–Kier alpha value is -2.34. The summed E-state index contributed by atoms with van der Waals surface area (Å²) in [6, 6.07) is 1.16. The molecule has 2 aliphatic rings. The number of thiazole rings is 1. The molecule has 0 aromatic carbocycles. The van der Waals surface area contributed by atoms with Crippen molar-refractivity contribution in [2.24, 2.45) is 5.73 Å². The summed E-state index contributed by atoms with van der Waals surface area (Å²) in [7, 11) is 0. The van der Waals surface area contributed by atoms with Crippen LogP contribution < -0.4 is 21.7 Å². The summed E-state index contributed by atoms with van der Waals surface area (Å²) < 4.78 is 21.9. The van der Waals surface area contributed by atoms with Gasteiger partial charge in [0.05, 0.1) is 33.6 Å². The summed E-state index contributed by atoms with van der Waals surface area (Å²) in [6.45, 7) is 7.05. The molecule has 5 rings (SSSR count). The number of nitrogens with two attached hydrogens (primary N) is 2. The number of thiophene rings is 1. The number of fused-ring (bicyclic) bond motifs is 2. The molecule has 0 saturated carbocycles. The number of aryl methyl sites for hydroxylation is 2. The van der Waals surface area contributed by atoms with Crippen molar-refractivity contribution in [1.82, 2.24) is 15.3 Å². The van der Waals surface area contributed by atoms with E-state index in [1.807, 2.05) is 25.7 Å². The minimum Gasteiger partial charge on any atom is -0.396 e. The lowest BCUT2D eigenvalue weighted by molar-refractivity contribution is 0.0127. The predicted octanol–water partition coefficient (Wildman–Crippen LogP) is 3.01. The maximum Gasteiger partial charge on any atom is 0.263 e. The van der Waals surface area contributed by atoms with E-state index in [4.69, 9.17) is 21.2 Å². The number of ether oxygens (including phenoxy) is 1. The zero-order valence-electron chi connectivity index (χ0n) is 19.4. The average Bonchev–Trinajstić information content (AvgIpc) is 3.41. The normalized spacial score (nSPS) is 22.5. The molecule has 3 aromatic heterocycles. The van der Waals surface area contributed by atoms with Gasteiger partial charge in [-0.25, -0.2) is 14.4 Å². The quantitative estimate of drug-likeness (QED) is 0.489. The molecule has 3 unspecified atom stereocenters. The molecule has 0 radical (unpaired) electrons. The van der Waals surface area contributed by atoms with Gasteiger partial charge in [-0.15, -0.1) is 22.7 Å². The molecule has 1 aliphatic heterocycles. The van der Waals surface area contributed by atoms with Crippen molar-refractivity contribution in [3.63, 3.8) is 0 Å². The third-order valence-corrected chi connectivity index (χ3v) is 8.57. The molecule has 4 heterocycles. The number of rotatable bonds is 5. The maximum absolute atomic E-state index is 15.2. The molecule has 1 aliphatic carbocycles. The SMILES string of the molecule is Cc1nc2sc(C(=O)NC3CCc4nc(N5CC(N)C(OC(C)C)C5)cc(F)c4C3)c(N)c2s1. The standard InChI is InChI=1S/C23H29FN6O2S2/c1-10(2)32-17-9-30(8-15(17)25)18-7-14(24)13-6-12(4-5-16(13)29-18)28-22(31)20-19(26)21-23(34-20)27-11(3)33-21/h7,10,12,15,17H,4-6,8-9,25-26H2,1-3H3,(H,28,31). The van der Waals surface area contributed by atoms with Crippen molar-refractivity contribution >= 4 is 49.6 Å². The van der Waals surface area contributed by atoms with E-state index in [-0.39, 0.29) is 36.0 Å². The molecule has 5 N–H and O–H groups in total. The van der Waals surface area contributed by atoms with Crippen LogP contribution in [0.25, 0.3) is 9.53 Å². The summed E-state index contributed by atoms with van der Waals surface area (Å²) >= 11 is 2.79. The highest BCUT2D eigenvalue weighted by Crippen LogP contribution is 2.37. The number of hydrogen-bond donors (Lipinski definition) is 3. The number of nitrogens with zero attached hydrogens (tertiary/aromatic N) is 3. The zero-order valence-corrected chi connectivity index (χ0v) is 21.1. The summed E-state index contributed by atoms with van der Waals surface area (Å²) in [5, 5.41) is 3.96. The first kappa shape index (κ1) is 23.4. The number of amides is 1. The molecule has 1 fully saturated rings. The molecule has 3 atom stereocenters. The molecule has 8 nitrogen and oxygen atoms in total. The van der Waals surface area contributed by atoms with Crippen molar-refractivity contribution in [3.8, 4) is 0 Å². The van der Waals surface area contributed by atoms with Crippen molar-refractivity contribution in [3.05, 3.63) is 33.0 Å². The summed E-state index contributed by atoms with van der Waals surface area (Å²) in [4.78, 5) is 25.3. The Kier molecular flexibility index (Phi) is 6.21. The molecule has 0 spiro atoms. The molecule has 0 bridgehead atoms. The molecule has 3 aromatic rings. The number of nitrogens with one attached hydrogen (secondary N) is 1. The van der Waals surface area contributed by atoms with E-state index in [2.05, 4.69) is 10.3 Å². The number of carbonyl (C=O) groups is 1. The number of halogens is 1. The van der Waals surface area contributed by atoms with Gasteiger partial charge in [0.2, 0.25) is 0 Å². The zero-order chi connectivity index (χ0) is 24.1. The second kappa shape index (κ2) is 9.03. The van der Waals surface area contributed by atoms with Gasteiger partial charge in [-0.05, 0) is 40.0 Å². The number of aromatic nitrogens is 2. The minimum atomic E-state index is -0.295. The summed E-state index contributed by atoms with van der Waals surface area (Å²) in [5.74, 6) is 0.0703. The van der Waals surface area contributed by atoms with Crippen molar-refractivity contribution in [1.29, 1.82) is 0 Å². The van der Waals surface area contributed by atoms with Crippen LogP contribution in [-0.4, -0.2) is 53.3 Å². The topological polar surface area (TPSA) is 119 Å². The van der Waals surface area contributed by atoms with Crippen LogP contribution in [0.3, 0.4) is 0 Å². The van der Waals surface area contributed by atoms with Gasteiger partial charge in [0.25, 0.3) is 5.91 Å². The highest BCUT2D eigenvalue weighted by molar-refractivity contribution is 7.29. The number of pyridine rings is 1. The van der Waals surface area contributed by atoms with Crippen LogP contribution in [-0.2, 0) is 17.6 Å². The van der Waals surface area contributed by atoms with E-state index in [1.165, 1.54) is 28.7 Å². The Labute approximate surface area is 205 Å². The highest BCUT2D eigenvalue weighted by Gasteiger charge is 2.34. The third-order valence-electron chi connectivity index (χ3n) is 6.33. The van der Waals surface area contributed by atoms with Crippen molar-refractivity contribution in [2.45, 2.75) is 64.3 Å². The Morgan fingerprint density at radius 1 is 1.32 bits per heavy atom. The Bertz CT molecular complexity index is 1240. The Morgan fingerprint density at radius 2 is 2.12 bits per heavy atom. The lowest BCUT2D eigenvalue weighted by Gasteiger charge is -2.27. The van der Waals surface area contributed by atoms with Crippen molar-refractivity contribution < 1.29 is 13.9 Å².